The molecule has 5 aliphatic carbocycles. The Hall–Kier alpha value is -1.08. The maximum absolute atomic E-state index is 10.4. The van der Waals surface area contributed by atoms with Gasteiger partial charge in [-0.15, -0.1) is 0 Å². The minimum atomic E-state index is -0.0857. The summed E-state index contributed by atoms with van der Waals surface area (Å²) in [6.45, 7) is 0. The highest BCUT2D eigenvalue weighted by Crippen LogP contribution is 2.66. The summed E-state index contributed by atoms with van der Waals surface area (Å²) in [7, 11) is 0. The number of hydrogen-bond donors (Lipinski definition) is 1. The second-order valence-corrected chi connectivity index (χ2v) is 6.60. The van der Waals surface area contributed by atoms with Crippen LogP contribution in [0.25, 0.3) is 0 Å². The summed E-state index contributed by atoms with van der Waals surface area (Å²) in [4.78, 5) is 0. The Bertz CT molecular complexity index is 499. The first kappa shape index (κ1) is 9.80. The lowest BCUT2D eigenvalue weighted by molar-refractivity contribution is 0.126. The molecule has 1 aromatic rings. The molecule has 0 amide bonds. The zero-order valence-electron chi connectivity index (χ0n) is 10.4. The zero-order valence-corrected chi connectivity index (χ0v) is 10.4. The van der Waals surface area contributed by atoms with Gasteiger partial charge in [0.05, 0.1) is 6.10 Å². The molecule has 0 radical (unpaired) electrons. The van der Waals surface area contributed by atoms with Crippen molar-refractivity contribution < 1.29 is 5.11 Å². The van der Waals surface area contributed by atoms with Crippen LogP contribution in [-0.2, 0) is 0 Å². The fraction of sp³-hybridized carbons (Fsp3) is 0.529. The zero-order chi connectivity index (χ0) is 11.9. The van der Waals surface area contributed by atoms with Crippen molar-refractivity contribution in [2.45, 2.75) is 30.8 Å². The lowest BCUT2D eigenvalue weighted by Gasteiger charge is -2.50. The lowest BCUT2D eigenvalue weighted by Crippen LogP contribution is -2.40. The van der Waals surface area contributed by atoms with Crippen molar-refractivity contribution in [1.82, 2.24) is 0 Å². The van der Waals surface area contributed by atoms with E-state index in [1.54, 1.807) is 11.1 Å². The van der Waals surface area contributed by atoms with Crippen LogP contribution < -0.4 is 0 Å². The standard InChI is InChI=1S/C17H18O/c18-17-13-7-8-14(17)16-12-6-5-11(15(13)16)9-3-1-2-4-10(9)12/h1-4,7-8,11-18H,5-6H2. The second-order valence-electron chi connectivity index (χ2n) is 6.60. The van der Waals surface area contributed by atoms with Crippen LogP contribution in [0.2, 0.25) is 0 Å². The van der Waals surface area contributed by atoms with Crippen LogP contribution in [0, 0.1) is 23.7 Å². The fourth-order valence-corrected chi connectivity index (χ4v) is 5.69. The first-order valence-electron chi connectivity index (χ1n) is 7.31. The van der Waals surface area contributed by atoms with Crippen molar-refractivity contribution in [2.75, 3.05) is 0 Å². The van der Waals surface area contributed by atoms with Gasteiger partial charge in [-0.05, 0) is 47.6 Å². The topological polar surface area (TPSA) is 20.2 Å². The first-order valence-corrected chi connectivity index (χ1v) is 7.31. The van der Waals surface area contributed by atoms with Crippen LogP contribution in [0.15, 0.2) is 36.4 Å². The Labute approximate surface area is 108 Å². The summed E-state index contributed by atoms with van der Waals surface area (Å²) in [5, 5.41) is 10.4. The van der Waals surface area contributed by atoms with E-state index in [9.17, 15) is 5.11 Å². The Morgan fingerprint density at radius 1 is 0.833 bits per heavy atom. The average Bonchev–Trinajstić information content (AvgIpc) is 2.94. The van der Waals surface area contributed by atoms with E-state index < -0.39 is 0 Å². The maximum Gasteiger partial charge on any atom is 0.0671 e. The summed E-state index contributed by atoms with van der Waals surface area (Å²) < 4.78 is 0. The molecule has 1 aromatic carbocycles. The molecule has 1 nitrogen and oxygen atoms in total. The van der Waals surface area contributed by atoms with E-state index in [0.717, 1.165) is 11.8 Å². The minimum absolute atomic E-state index is 0.0857. The monoisotopic (exact) mass is 238 g/mol. The molecule has 0 heterocycles. The summed E-state index contributed by atoms with van der Waals surface area (Å²) in [6.07, 6.45) is 7.20. The molecule has 6 rings (SSSR count). The Kier molecular flexibility index (Phi) is 1.68. The van der Waals surface area contributed by atoms with E-state index in [1.807, 2.05) is 0 Å². The molecule has 0 saturated heterocycles. The third-order valence-electron chi connectivity index (χ3n) is 6.19. The molecule has 5 aliphatic rings. The predicted molar refractivity (Wildman–Crippen MR) is 70.3 cm³/mol. The minimum Gasteiger partial charge on any atom is -0.392 e. The van der Waals surface area contributed by atoms with Gasteiger partial charge in [-0.1, -0.05) is 36.4 Å². The number of benzene rings is 1. The van der Waals surface area contributed by atoms with Crippen LogP contribution in [0.5, 0.6) is 0 Å². The van der Waals surface area contributed by atoms with Crippen LogP contribution >= 0.6 is 0 Å². The summed E-state index contributed by atoms with van der Waals surface area (Å²) in [5.41, 5.74) is 3.20. The molecule has 0 aliphatic heterocycles. The summed E-state index contributed by atoms with van der Waals surface area (Å²) >= 11 is 0. The van der Waals surface area contributed by atoms with Gasteiger partial charge in [0, 0.05) is 11.8 Å². The molecule has 18 heavy (non-hydrogen) atoms. The van der Waals surface area contributed by atoms with Crippen LogP contribution in [0.4, 0.5) is 0 Å². The first-order chi connectivity index (χ1) is 8.86. The Morgan fingerprint density at radius 3 is 1.83 bits per heavy atom. The van der Waals surface area contributed by atoms with Crippen molar-refractivity contribution in [1.29, 1.82) is 0 Å². The number of rotatable bonds is 0. The smallest absolute Gasteiger partial charge is 0.0671 e. The molecule has 6 unspecified atom stereocenters. The Balaban J connectivity index is 1.73. The maximum atomic E-state index is 10.4. The summed E-state index contributed by atoms with van der Waals surface area (Å²) in [5.74, 6) is 3.77. The normalized spacial score (nSPS) is 50.4. The molecule has 2 fully saturated rings. The van der Waals surface area contributed by atoms with E-state index >= 15 is 0 Å². The predicted octanol–water partition coefficient (Wildman–Crippen LogP) is 3.07. The van der Waals surface area contributed by atoms with Crippen LogP contribution in [0.3, 0.4) is 0 Å². The molecule has 4 bridgehead atoms. The van der Waals surface area contributed by atoms with Gasteiger partial charge in [0.1, 0.15) is 0 Å². The van der Waals surface area contributed by atoms with E-state index in [2.05, 4.69) is 36.4 Å². The Morgan fingerprint density at radius 2 is 1.33 bits per heavy atom. The van der Waals surface area contributed by atoms with Gasteiger partial charge in [0.25, 0.3) is 0 Å². The summed E-state index contributed by atoms with van der Waals surface area (Å²) in [6, 6.07) is 9.05. The van der Waals surface area contributed by atoms with Crippen LogP contribution in [0.1, 0.15) is 35.8 Å². The van der Waals surface area contributed by atoms with Gasteiger partial charge < -0.3 is 5.11 Å². The quantitative estimate of drug-likeness (QED) is 0.689. The fourth-order valence-electron chi connectivity index (χ4n) is 5.69. The third kappa shape index (κ3) is 0.925. The van der Waals surface area contributed by atoms with Gasteiger partial charge in [0.15, 0.2) is 0 Å². The van der Waals surface area contributed by atoms with Crippen molar-refractivity contribution in [2.24, 2.45) is 23.7 Å². The number of aliphatic hydroxyl groups is 1. The van der Waals surface area contributed by atoms with Crippen molar-refractivity contribution in [3.8, 4) is 0 Å². The number of hydrogen-bond acceptors (Lipinski definition) is 1. The van der Waals surface area contributed by atoms with Crippen molar-refractivity contribution in [3.05, 3.63) is 47.5 Å². The number of fused-ring (bicyclic) bond motifs is 3. The molecule has 2 saturated carbocycles. The second kappa shape index (κ2) is 3.08. The van der Waals surface area contributed by atoms with E-state index in [4.69, 9.17) is 0 Å². The van der Waals surface area contributed by atoms with Gasteiger partial charge in [-0.3, -0.25) is 0 Å². The molecule has 92 valence electrons. The molecule has 1 heteroatoms. The molecular weight excluding hydrogens is 220 g/mol. The van der Waals surface area contributed by atoms with Crippen LogP contribution in [-0.4, -0.2) is 11.2 Å². The molecule has 6 atom stereocenters. The lowest BCUT2D eigenvalue weighted by atomic mass is 9.54. The van der Waals surface area contributed by atoms with E-state index in [-0.39, 0.29) is 6.10 Å². The largest absolute Gasteiger partial charge is 0.392 e. The third-order valence-corrected chi connectivity index (χ3v) is 6.19. The highest BCUT2D eigenvalue weighted by Gasteiger charge is 2.60. The highest BCUT2D eigenvalue weighted by atomic mass is 16.3. The molecular formula is C17H18O. The SMILES string of the molecule is OC1C2C=CC1C1C3CCC(c4ccccc43)C21. The molecule has 0 aromatic heterocycles. The van der Waals surface area contributed by atoms with Crippen molar-refractivity contribution in [3.63, 3.8) is 0 Å². The van der Waals surface area contributed by atoms with E-state index in [1.165, 1.54) is 12.8 Å². The van der Waals surface area contributed by atoms with Gasteiger partial charge in [0.2, 0.25) is 0 Å². The molecule has 1 N–H and O–H groups in total. The van der Waals surface area contributed by atoms with E-state index in [0.29, 0.717) is 23.7 Å². The van der Waals surface area contributed by atoms with Gasteiger partial charge in [-0.25, -0.2) is 0 Å². The van der Waals surface area contributed by atoms with Gasteiger partial charge in [-0.2, -0.15) is 0 Å². The number of aliphatic hydroxyl groups excluding tert-OH is 1. The van der Waals surface area contributed by atoms with Gasteiger partial charge >= 0.3 is 0 Å². The average molecular weight is 238 g/mol. The highest BCUT2D eigenvalue weighted by molar-refractivity contribution is 5.43. The molecule has 0 spiro atoms. The van der Waals surface area contributed by atoms with Crippen molar-refractivity contribution >= 4 is 0 Å².